The third kappa shape index (κ3) is 2.27. The second kappa shape index (κ2) is 4.68. The van der Waals surface area contributed by atoms with Crippen molar-refractivity contribution in [2.45, 2.75) is 20.8 Å². The number of aromatic carboxylic acids is 1. The summed E-state index contributed by atoms with van der Waals surface area (Å²) < 4.78 is 0. The lowest BCUT2D eigenvalue weighted by molar-refractivity contribution is 0.0694. The van der Waals surface area contributed by atoms with Crippen LogP contribution < -0.4 is 5.56 Å². The van der Waals surface area contributed by atoms with Crippen LogP contribution in [0.3, 0.4) is 0 Å². The SMILES string of the molecule is Cc1ccc(-c2ncc(C(=O)O)c(=O)[nH]2)c(C)c1C. The van der Waals surface area contributed by atoms with Crippen LogP contribution in [0, 0.1) is 20.8 Å². The zero-order chi connectivity index (χ0) is 14.2. The van der Waals surface area contributed by atoms with Gasteiger partial charge in [0.1, 0.15) is 11.4 Å². The summed E-state index contributed by atoms with van der Waals surface area (Å²) in [6, 6.07) is 3.82. The smallest absolute Gasteiger partial charge is 0.342 e. The van der Waals surface area contributed by atoms with Crippen molar-refractivity contribution in [3.05, 3.63) is 50.9 Å². The molecule has 2 rings (SSSR count). The lowest BCUT2D eigenvalue weighted by atomic mass is 9.98. The first-order chi connectivity index (χ1) is 8.91. The van der Waals surface area contributed by atoms with Crippen LogP contribution in [0.25, 0.3) is 11.4 Å². The van der Waals surface area contributed by atoms with Gasteiger partial charge in [-0.05, 0) is 37.5 Å². The largest absolute Gasteiger partial charge is 0.477 e. The van der Waals surface area contributed by atoms with Gasteiger partial charge in [-0.1, -0.05) is 12.1 Å². The van der Waals surface area contributed by atoms with Gasteiger partial charge in [0, 0.05) is 11.8 Å². The summed E-state index contributed by atoms with van der Waals surface area (Å²) in [6.07, 6.45) is 1.09. The van der Waals surface area contributed by atoms with E-state index < -0.39 is 11.5 Å². The number of carboxylic acid groups (broad SMARTS) is 1. The van der Waals surface area contributed by atoms with Crippen LogP contribution in [0.2, 0.25) is 0 Å². The molecule has 1 aromatic carbocycles. The Morgan fingerprint density at radius 2 is 1.89 bits per heavy atom. The number of carboxylic acids is 1. The molecule has 0 bridgehead atoms. The molecule has 2 aromatic rings. The molecule has 0 amide bonds. The minimum atomic E-state index is -1.28. The van der Waals surface area contributed by atoms with Gasteiger partial charge in [0.15, 0.2) is 0 Å². The lowest BCUT2D eigenvalue weighted by Gasteiger charge is -2.10. The second-order valence-electron chi connectivity index (χ2n) is 4.46. The molecule has 2 N–H and O–H groups in total. The van der Waals surface area contributed by atoms with Gasteiger partial charge in [-0.25, -0.2) is 9.78 Å². The number of carbonyl (C=O) groups is 1. The van der Waals surface area contributed by atoms with Crippen molar-refractivity contribution in [2.24, 2.45) is 0 Å². The molecule has 0 aliphatic rings. The Labute approximate surface area is 110 Å². The summed E-state index contributed by atoms with van der Waals surface area (Å²) in [4.78, 5) is 29.0. The number of aromatic amines is 1. The maximum absolute atomic E-state index is 11.6. The van der Waals surface area contributed by atoms with E-state index in [0.29, 0.717) is 5.82 Å². The van der Waals surface area contributed by atoms with Crippen molar-refractivity contribution in [3.63, 3.8) is 0 Å². The predicted molar refractivity (Wildman–Crippen MR) is 71.5 cm³/mol. The van der Waals surface area contributed by atoms with E-state index in [-0.39, 0.29) is 5.56 Å². The molecule has 19 heavy (non-hydrogen) atoms. The van der Waals surface area contributed by atoms with Crippen LogP contribution in [0.4, 0.5) is 0 Å². The molecular formula is C14H14N2O3. The van der Waals surface area contributed by atoms with Gasteiger partial charge in [0.2, 0.25) is 0 Å². The minimum absolute atomic E-state index is 0.356. The van der Waals surface area contributed by atoms with Crippen LogP contribution in [-0.4, -0.2) is 21.0 Å². The summed E-state index contributed by atoms with van der Waals surface area (Å²) in [5, 5.41) is 8.80. The zero-order valence-electron chi connectivity index (χ0n) is 10.9. The maximum atomic E-state index is 11.6. The molecule has 0 radical (unpaired) electrons. The number of aromatic nitrogens is 2. The number of rotatable bonds is 2. The number of H-pyrrole nitrogens is 1. The number of nitrogens with zero attached hydrogens (tertiary/aromatic N) is 1. The average molecular weight is 258 g/mol. The van der Waals surface area contributed by atoms with E-state index in [0.717, 1.165) is 28.5 Å². The van der Waals surface area contributed by atoms with Gasteiger partial charge in [0.25, 0.3) is 5.56 Å². The van der Waals surface area contributed by atoms with Crippen LogP contribution in [0.1, 0.15) is 27.0 Å². The molecule has 1 aromatic heterocycles. The fourth-order valence-corrected chi connectivity index (χ4v) is 1.90. The van der Waals surface area contributed by atoms with E-state index in [4.69, 9.17) is 5.11 Å². The van der Waals surface area contributed by atoms with E-state index in [2.05, 4.69) is 9.97 Å². The molecule has 5 heteroatoms. The highest BCUT2D eigenvalue weighted by atomic mass is 16.4. The van der Waals surface area contributed by atoms with Crippen LogP contribution >= 0.6 is 0 Å². The molecule has 0 unspecified atom stereocenters. The minimum Gasteiger partial charge on any atom is -0.477 e. The van der Waals surface area contributed by atoms with E-state index in [1.54, 1.807) is 0 Å². The number of benzene rings is 1. The summed E-state index contributed by atoms with van der Waals surface area (Å²) in [6.45, 7) is 5.95. The molecule has 0 atom stereocenters. The van der Waals surface area contributed by atoms with Crippen molar-refractivity contribution in [3.8, 4) is 11.4 Å². The quantitative estimate of drug-likeness (QED) is 0.863. The van der Waals surface area contributed by atoms with E-state index in [1.165, 1.54) is 0 Å². The molecule has 0 saturated heterocycles. The highest BCUT2D eigenvalue weighted by Crippen LogP contribution is 2.23. The number of aryl methyl sites for hydroxylation is 1. The van der Waals surface area contributed by atoms with Gasteiger partial charge < -0.3 is 10.1 Å². The van der Waals surface area contributed by atoms with Crippen molar-refractivity contribution < 1.29 is 9.90 Å². The molecule has 98 valence electrons. The first-order valence-corrected chi connectivity index (χ1v) is 5.81. The zero-order valence-corrected chi connectivity index (χ0v) is 10.9. The summed E-state index contributed by atoms with van der Waals surface area (Å²) in [7, 11) is 0. The molecule has 0 fully saturated rings. The Balaban J connectivity index is 2.61. The molecule has 0 spiro atoms. The van der Waals surface area contributed by atoms with Gasteiger partial charge in [0.05, 0.1) is 0 Å². The van der Waals surface area contributed by atoms with E-state index in [1.807, 2.05) is 32.9 Å². The molecule has 0 aliphatic carbocycles. The first kappa shape index (κ1) is 13.0. The third-order valence-corrected chi connectivity index (χ3v) is 3.34. The monoisotopic (exact) mass is 258 g/mol. The Morgan fingerprint density at radius 1 is 1.21 bits per heavy atom. The third-order valence-electron chi connectivity index (χ3n) is 3.34. The van der Waals surface area contributed by atoms with Gasteiger partial charge in [-0.2, -0.15) is 0 Å². The maximum Gasteiger partial charge on any atom is 0.342 e. The first-order valence-electron chi connectivity index (χ1n) is 5.81. The number of nitrogens with one attached hydrogen (secondary N) is 1. The Bertz CT molecular complexity index is 717. The summed E-state index contributed by atoms with van der Waals surface area (Å²) >= 11 is 0. The van der Waals surface area contributed by atoms with Crippen LogP contribution in [-0.2, 0) is 0 Å². The molecule has 1 heterocycles. The molecular weight excluding hydrogens is 244 g/mol. The average Bonchev–Trinajstić information content (AvgIpc) is 2.35. The van der Waals surface area contributed by atoms with Gasteiger partial charge in [-0.15, -0.1) is 0 Å². The Morgan fingerprint density at radius 3 is 2.47 bits per heavy atom. The topological polar surface area (TPSA) is 83.0 Å². The van der Waals surface area contributed by atoms with Crippen molar-refractivity contribution in [2.75, 3.05) is 0 Å². The summed E-state index contributed by atoms with van der Waals surface area (Å²) in [5.74, 6) is -0.896. The lowest BCUT2D eigenvalue weighted by Crippen LogP contribution is -2.19. The van der Waals surface area contributed by atoms with E-state index in [9.17, 15) is 9.59 Å². The van der Waals surface area contributed by atoms with Crippen LogP contribution in [0.5, 0.6) is 0 Å². The van der Waals surface area contributed by atoms with Crippen molar-refractivity contribution in [1.29, 1.82) is 0 Å². The molecule has 0 aliphatic heterocycles. The highest BCUT2D eigenvalue weighted by Gasteiger charge is 2.12. The van der Waals surface area contributed by atoms with Crippen LogP contribution in [0.15, 0.2) is 23.1 Å². The van der Waals surface area contributed by atoms with E-state index >= 15 is 0 Å². The predicted octanol–water partition coefficient (Wildman–Crippen LogP) is 2.06. The number of hydrogen-bond donors (Lipinski definition) is 2. The van der Waals surface area contributed by atoms with Gasteiger partial charge >= 0.3 is 5.97 Å². The fourth-order valence-electron chi connectivity index (χ4n) is 1.90. The Kier molecular flexibility index (Phi) is 3.21. The summed E-state index contributed by atoms with van der Waals surface area (Å²) in [5.41, 5.74) is 3.11. The standard InChI is InChI=1S/C14H14N2O3/c1-7-4-5-10(9(3)8(7)2)12-15-6-11(14(18)19)13(17)16-12/h4-6H,1-3H3,(H,18,19)(H,15,16,17). The van der Waals surface area contributed by atoms with Crippen molar-refractivity contribution in [1.82, 2.24) is 9.97 Å². The highest BCUT2D eigenvalue weighted by molar-refractivity contribution is 5.86. The molecule has 5 nitrogen and oxygen atoms in total. The Hall–Kier alpha value is -2.43. The fraction of sp³-hybridized carbons (Fsp3) is 0.214. The number of hydrogen-bond acceptors (Lipinski definition) is 3. The van der Waals surface area contributed by atoms with Gasteiger partial charge in [-0.3, -0.25) is 4.79 Å². The second-order valence-corrected chi connectivity index (χ2v) is 4.46. The molecule has 0 saturated carbocycles. The normalized spacial score (nSPS) is 10.5. The van der Waals surface area contributed by atoms with Crippen molar-refractivity contribution >= 4 is 5.97 Å².